The van der Waals surface area contributed by atoms with Gasteiger partial charge in [0.05, 0.1) is 0 Å². The summed E-state index contributed by atoms with van der Waals surface area (Å²) < 4.78 is 13.7. The van der Waals surface area contributed by atoms with Crippen LogP contribution in [0.5, 0.6) is 0 Å². The zero-order valence-electron chi connectivity index (χ0n) is 12.3. The summed E-state index contributed by atoms with van der Waals surface area (Å²) in [5, 5.41) is 3.50. The maximum absolute atomic E-state index is 13.7. The Morgan fingerprint density at radius 1 is 1.28 bits per heavy atom. The predicted octanol–water partition coefficient (Wildman–Crippen LogP) is 4.09. The molecule has 0 amide bonds. The lowest BCUT2D eigenvalue weighted by Crippen LogP contribution is -2.40. The summed E-state index contributed by atoms with van der Waals surface area (Å²) in [4.78, 5) is 0. The first-order valence-electron chi connectivity index (χ1n) is 6.83. The number of hydrogen-bond acceptors (Lipinski definition) is 1. The summed E-state index contributed by atoms with van der Waals surface area (Å²) >= 11 is 0. The van der Waals surface area contributed by atoms with Crippen LogP contribution in [0.1, 0.15) is 45.2 Å². The van der Waals surface area contributed by atoms with Gasteiger partial charge < -0.3 is 5.32 Å². The van der Waals surface area contributed by atoms with Crippen LogP contribution in [-0.2, 0) is 6.42 Å². The molecule has 0 radical (unpaired) electrons. The van der Waals surface area contributed by atoms with E-state index in [2.05, 4.69) is 33.0 Å². The molecule has 0 saturated carbocycles. The fourth-order valence-corrected chi connectivity index (χ4v) is 2.28. The van der Waals surface area contributed by atoms with Gasteiger partial charge in [-0.05, 0) is 43.4 Å². The molecule has 1 unspecified atom stereocenters. The van der Waals surface area contributed by atoms with Crippen LogP contribution >= 0.6 is 0 Å². The molecular weight excluding hydrogens is 225 g/mol. The largest absolute Gasteiger partial charge is 0.314 e. The Hall–Kier alpha value is -0.890. The van der Waals surface area contributed by atoms with Crippen molar-refractivity contribution in [2.45, 2.75) is 53.5 Å². The van der Waals surface area contributed by atoms with Gasteiger partial charge in [0.15, 0.2) is 0 Å². The molecule has 102 valence electrons. The average molecular weight is 251 g/mol. The normalized spacial score (nSPS) is 13.7. The first-order valence-corrected chi connectivity index (χ1v) is 6.83. The fourth-order valence-electron chi connectivity index (χ4n) is 2.28. The molecule has 0 saturated heterocycles. The number of rotatable bonds is 5. The van der Waals surface area contributed by atoms with E-state index >= 15 is 0 Å². The molecule has 1 rings (SSSR count). The highest BCUT2D eigenvalue weighted by Gasteiger charge is 2.23. The Bertz CT molecular complexity index is 379. The van der Waals surface area contributed by atoms with Crippen LogP contribution in [0.25, 0.3) is 0 Å². The highest BCUT2D eigenvalue weighted by atomic mass is 19.1. The summed E-state index contributed by atoms with van der Waals surface area (Å²) in [5.41, 5.74) is 2.17. The molecular formula is C16H26FN. The quantitative estimate of drug-likeness (QED) is 0.831. The van der Waals surface area contributed by atoms with Gasteiger partial charge in [-0.15, -0.1) is 0 Å². The number of halogens is 1. The number of aryl methyl sites for hydroxylation is 2. The van der Waals surface area contributed by atoms with Crippen molar-refractivity contribution in [1.82, 2.24) is 5.32 Å². The van der Waals surface area contributed by atoms with Crippen molar-refractivity contribution >= 4 is 0 Å². The minimum atomic E-state index is -0.0789. The molecule has 0 aliphatic heterocycles. The van der Waals surface area contributed by atoms with Crippen molar-refractivity contribution in [1.29, 1.82) is 0 Å². The van der Waals surface area contributed by atoms with E-state index in [1.54, 1.807) is 6.07 Å². The van der Waals surface area contributed by atoms with Crippen molar-refractivity contribution in [3.05, 3.63) is 35.1 Å². The fraction of sp³-hybridized carbons (Fsp3) is 0.625. The Morgan fingerprint density at radius 2 is 1.94 bits per heavy atom. The Labute approximate surface area is 111 Å². The number of benzene rings is 1. The second-order valence-corrected chi connectivity index (χ2v) is 6.11. The Balaban J connectivity index is 2.70. The summed E-state index contributed by atoms with van der Waals surface area (Å²) in [7, 11) is 0. The van der Waals surface area contributed by atoms with Crippen LogP contribution in [0, 0.1) is 18.2 Å². The lowest BCUT2D eigenvalue weighted by atomic mass is 9.83. The molecule has 18 heavy (non-hydrogen) atoms. The third-order valence-corrected chi connectivity index (χ3v) is 3.40. The van der Waals surface area contributed by atoms with Crippen LogP contribution in [0.4, 0.5) is 4.39 Å². The highest BCUT2D eigenvalue weighted by Crippen LogP contribution is 2.24. The predicted molar refractivity (Wildman–Crippen MR) is 76.4 cm³/mol. The molecule has 1 atom stereocenters. The lowest BCUT2D eigenvalue weighted by molar-refractivity contribution is 0.258. The number of hydrogen-bond donors (Lipinski definition) is 1. The Kier molecular flexibility index (Phi) is 5.33. The maximum Gasteiger partial charge on any atom is 0.126 e. The second-order valence-electron chi connectivity index (χ2n) is 6.11. The first-order chi connectivity index (χ1) is 8.34. The van der Waals surface area contributed by atoms with E-state index in [0.717, 1.165) is 30.5 Å². The SMILES string of the molecule is CCNC(CCc1cc(C)ccc1F)C(C)(C)C. The summed E-state index contributed by atoms with van der Waals surface area (Å²) in [6.45, 7) is 11.8. The summed E-state index contributed by atoms with van der Waals surface area (Å²) in [6, 6.07) is 5.78. The van der Waals surface area contributed by atoms with Gasteiger partial charge in [-0.3, -0.25) is 0 Å². The minimum Gasteiger partial charge on any atom is -0.314 e. The van der Waals surface area contributed by atoms with Gasteiger partial charge in [0, 0.05) is 6.04 Å². The zero-order chi connectivity index (χ0) is 13.8. The van der Waals surface area contributed by atoms with E-state index < -0.39 is 0 Å². The molecule has 1 aromatic rings. The summed E-state index contributed by atoms with van der Waals surface area (Å²) in [6.07, 6.45) is 1.76. The van der Waals surface area contributed by atoms with Crippen LogP contribution in [0.3, 0.4) is 0 Å². The smallest absolute Gasteiger partial charge is 0.126 e. The molecule has 2 heteroatoms. The molecule has 0 aromatic heterocycles. The van der Waals surface area contributed by atoms with E-state index in [-0.39, 0.29) is 11.2 Å². The third-order valence-electron chi connectivity index (χ3n) is 3.40. The molecule has 0 aliphatic carbocycles. The van der Waals surface area contributed by atoms with Crippen LogP contribution in [-0.4, -0.2) is 12.6 Å². The number of nitrogens with one attached hydrogen (secondary N) is 1. The first kappa shape index (κ1) is 15.2. The van der Waals surface area contributed by atoms with Gasteiger partial charge in [0.25, 0.3) is 0 Å². The van der Waals surface area contributed by atoms with Gasteiger partial charge in [0.1, 0.15) is 5.82 Å². The molecule has 0 aliphatic rings. The van der Waals surface area contributed by atoms with Crippen LogP contribution in [0.15, 0.2) is 18.2 Å². The van der Waals surface area contributed by atoms with E-state index in [4.69, 9.17) is 0 Å². The Morgan fingerprint density at radius 3 is 2.50 bits per heavy atom. The lowest BCUT2D eigenvalue weighted by Gasteiger charge is -2.31. The van der Waals surface area contributed by atoms with Gasteiger partial charge in [0.2, 0.25) is 0 Å². The van der Waals surface area contributed by atoms with E-state index in [1.165, 1.54) is 0 Å². The standard InChI is InChI=1S/C16H26FN/c1-6-18-15(16(3,4)5)10-8-13-11-12(2)7-9-14(13)17/h7,9,11,15,18H,6,8,10H2,1-5H3. The second kappa shape index (κ2) is 6.33. The van der Waals surface area contributed by atoms with Crippen LogP contribution < -0.4 is 5.32 Å². The van der Waals surface area contributed by atoms with E-state index in [0.29, 0.717) is 6.04 Å². The summed E-state index contributed by atoms with van der Waals surface area (Å²) in [5.74, 6) is -0.0789. The third kappa shape index (κ3) is 4.41. The van der Waals surface area contributed by atoms with E-state index in [1.807, 2.05) is 19.1 Å². The molecule has 0 spiro atoms. The van der Waals surface area contributed by atoms with E-state index in [9.17, 15) is 4.39 Å². The van der Waals surface area contributed by atoms with Crippen molar-refractivity contribution in [2.24, 2.45) is 5.41 Å². The molecule has 1 nitrogen and oxygen atoms in total. The van der Waals surface area contributed by atoms with Crippen LogP contribution in [0.2, 0.25) is 0 Å². The molecule has 1 aromatic carbocycles. The van der Waals surface area contributed by atoms with Gasteiger partial charge in [-0.2, -0.15) is 0 Å². The zero-order valence-corrected chi connectivity index (χ0v) is 12.3. The monoisotopic (exact) mass is 251 g/mol. The molecule has 0 bridgehead atoms. The molecule has 1 N–H and O–H groups in total. The molecule has 0 heterocycles. The topological polar surface area (TPSA) is 12.0 Å². The van der Waals surface area contributed by atoms with Gasteiger partial charge >= 0.3 is 0 Å². The van der Waals surface area contributed by atoms with Gasteiger partial charge in [-0.1, -0.05) is 45.4 Å². The average Bonchev–Trinajstić information content (AvgIpc) is 2.27. The van der Waals surface area contributed by atoms with Crippen molar-refractivity contribution in [2.75, 3.05) is 6.54 Å². The van der Waals surface area contributed by atoms with Crippen molar-refractivity contribution in [3.63, 3.8) is 0 Å². The maximum atomic E-state index is 13.7. The van der Waals surface area contributed by atoms with Crippen molar-refractivity contribution < 1.29 is 4.39 Å². The van der Waals surface area contributed by atoms with Crippen molar-refractivity contribution in [3.8, 4) is 0 Å². The highest BCUT2D eigenvalue weighted by molar-refractivity contribution is 5.24. The van der Waals surface area contributed by atoms with Gasteiger partial charge in [-0.25, -0.2) is 4.39 Å². The molecule has 0 fully saturated rings. The minimum absolute atomic E-state index is 0.0789.